The maximum absolute atomic E-state index is 11.5. The smallest absolute Gasteiger partial charge is 0.314 e. The van der Waals surface area contributed by atoms with E-state index in [9.17, 15) is 9.59 Å². The Bertz CT molecular complexity index is 460. The zero-order chi connectivity index (χ0) is 15.2. The fourth-order valence-electron chi connectivity index (χ4n) is 1.67. The van der Waals surface area contributed by atoms with Crippen molar-refractivity contribution in [1.82, 2.24) is 0 Å². The van der Waals surface area contributed by atoms with E-state index in [2.05, 4.69) is 0 Å². The first-order valence-corrected chi connectivity index (χ1v) is 6.65. The molecule has 4 nitrogen and oxygen atoms in total. The van der Waals surface area contributed by atoms with Crippen LogP contribution >= 0.6 is 0 Å². The van der Waals surface area contributed by atoms with Crippen LogP contribution < -0.4 is 4.74 Å². The minimum absolute atomic E-state index is 0.185. The maximum atomic E-state index is 11.5. The minimum Gasteiger partial charge on any atom is -0.492 e. The monoisotopic (exact) mass is 278 g/mol. The number of carbonyl (C=O) groups excluding carboxylic acids is 2. The zero-order valence-corrected chi connectivity index (χ0v) is 12.6. The average Bonchev–Trinajstić information content (AvgIpc) is 2.43. The topological polar surface area (TPSA) is 52.6 Å². The number of rotatable bonds is 7. The molecule has 0 unspecified atom stereocenters. The molecule has 1 rings (SSSR count). The Labute approximate surface area is 120 Å². The number of hydrogen-bond donors (Lipinski definition) is 0. The van der Waals surface area contributed by atoms with Crippen molar-refractivity contribution in [2.45, 2.75) is 33.6 Å². The van der Waals surface area contributed by atoms with Gasteiger partial charge in [-0.1, -0.05) is 12.1 Å². The summed E-state index contributed by atoms with van der Waals surface area (Å²) in [5, 5.41) is 0. The molecular formula is C16H22O4. The molecule has 0 saturated heterocycles. The second-order valence-electron chi connectivity index (χ2n) is 5.51. The number of methoxy groups -OCH3 is 1. The third-order valence-corrected chi connectivity index (χ3v) is 3.03. The van der Waals surface area contributed by atoms with E-state index in [1.165, 1.54) is 7.11 Å². The van der Waals surface area contributed by atoms with Gasteiger partial charge in [0.05, 0.1) is 12.5 Å². The highest BCUT2D eigenvalue weighted by Gasteiger charge is 2.29. The molecule has 0 aliphatic rings. The fraction of sp³-hybridized carbons (Fsp3) is 0.500. The summed E-state index contributed by atoms with van der Waals surface area (Å²) in [7, 11) is 1.37. The molecule has 0 amide bonds. The summed E-state index contributed by atoms with van der Waals surface area (Å²) in [6.45, 7) is 5.40. The van der Waals surface area contributed by atoms with Gasteiger partial charge in [0.25, 0.3) is 0 Å². The summed E-state index contributed by atoms with van der Waals surface area (Å²) in [6, 6.07) is 7.57. The lowest BCUT2D eigenvalue weighted by Gasteiger charge is -2.21. The lowest BCUT2D eigenvalue weighted by atomic mass is 9.95. The first-order chi connectivity index (χ1) is 9.35. The number of aryl methyl sites for hydroxylation is 1. The van der Waals surface area contributed by atoms with Crippen LogP contribution in [-0.2, 0) is 20.7 Å². The predicted octanol–water partition coefficient (Wildman–Crippen LogP) is 2.79. The number of Topliss-reactive ketones (excluding diaryl/α,β-unsaturated/α-hetero) is 1. The Morgan fingerprint density at radius 3 is 2.25 bits per heavy atom. The number of ketones is 1. The molecule has 0 aliphatic heterocycles. The van der Waals surface area contributed by atoms with Gasteiger partial charge in [0.2, 0.25) is 0 Å². The second kappa shape index (κ2) is 7.08. The molecular weight excluding hydrogens is 256 g/mol. The summed E-state index contributed by atoms with van der Waals surface area (Å²) in [5.74, 6) is 0.592. The molecule has 1 aromatic rings. The molecule has 0 heterocycles. The SMILES string of the molecule is COC(=O)C(C)(C)COc1ccc(CCC(C)=O)cc1. The lowest BCUT2D eigenvalue weighted by molar-refractivity contribution is -0.152. The van der Waals surface area contributed by atoms with Gasteiger partial charge >= 0.3 is 5.97 Å². The molecule has 0 atom stereocenters. The molecule has 0 saturated carbocycles. The third-order valence-electron chi connectivity index (χ3n) is 3.03. The molecule has 0 spiro atoms. The normalized spacial score (nSPS) is 11.0. The number of ether oxygens (including phenoxy) is 2. The van der Waals surface area contributed by atoms with Crippen LogP contribution in [-0.4, -0.2) is 25.5 Å². The summed E-state index contributed by atoms with van der Waals surface area (Å²) in [5.41, 5.74) is 0.418. The highest BCUT2D eigenvalue weighted by molar-refractivity contribution is 5.76. The molecule has 1 aromatic carbocycles. The Morgan fingerprint density at radius 1 is 1.15 bits per heavy atom. The van der Waals surface area contributed by atoms with Crippen molar-refractivity contribution in [1.29, 1.82) is 0 Å². The van der Waals surface area contributed by atoms with Gasteiger partial charge in [-0.15, -0.1) is 0 Å². The van der Waals surface area contributed by atoms with Crippen LogP contribution in [0, 0.1) is 5.41 Å². The van der Waals surface area contributed by atoms with Gasteiger partial charge in [-0.2, -0.15) is 0 Å². The quantitative estimate of drug-likeness (QED) is 0.720. The van der Waals surface area contributed by atoms with Crippen LogP contribution in [0.4, 0.5) is 0 Å². The third kappa shape index (κ3) is 5.03. The number of carbonyl (C=O) groups is 2. The molecule has 0 N–H and O–H groups in total. The van der Waals surface area contributed by atoms with Crippen molar-refractivity contribution in [2.75, 3.05) is 13.7 Å². The molecule has 4 heteroatoms. The lowest BCUT2D eigenvalue weighted by Crippen LogP contribution is -2.32. The summed E-state index contributed by atoms with van der Waals surface area (Å²) in [6.07, 6.45) is 1.29. The Morgan fingerprint density at radius 2 is 1.75 bits per heavy atom. The van der Waals surface area contributed by atoms with Crippen LogP contribution in [0.25, 0.3) is 0 Å². The van der Waals surface area contributed by atoms with Gasteiger partial charge in [0, 0.05) is 6.42 Å². The van der Waals surface area contributed by atoms with Crippen molar-refractivity contribution in [3.05, 3.63) is 29.8 Å². The van der Waals surface area contributed by atoms with E-state index in [0.717, 1.165) is 12.0 Å². The first-order valence-electron chi connectivity index (χ1n) is 6.65. The standard InChI is InChI=1S/C16H22O4/c1-12(17)5-6-13-7-9-14(10-8-13)20-11-16(2,3)15(18)19-4/h7-10H,5-6,11H2,1-4H3. The van der Waals surface area contributed by atoms with Gasteiger partial charge in [-0.3, -0.25) is 4.79 Å². The highest BCUT2D eigenvalue weighted by Crippen LogP contribution is 2.20. The van der Waals surface area contributed by atoms with Crippen molar-refractivity contribution in [3.8, 4) is 5.75 Å². The van der Waals surface area contributed by atoms with E-state index >= 15 is 0 Å². The fourth-order valence-corrected chi connectivity index (χ4v) is 1.67. The van der Waals surface area contributed by atoms with Gasteiger partial charge in [-0.25, -0.2) is 0 Å². The van der Waals surface area contributed by atoms with Gasteiger partial charge in [0.15, 0.2) is 0 Å². The number of benzene rings is 1. The molecule has 0 aliphatic carbocycles. The van der Waals surface area contributed by atoms with Crippen LogP contribution in [0.5, 0.6) is 5.75 Å². The summed E-state index contributed by atoms with van der Waals surface area (Å²) < 4.78 is 10.3. The number of esters is 1. The molecule has 0 bridgehead atoms. The zero-order valence-electron chi connectivity index (χ0n) is 12.6. The average molecular weight is 278 g/mol. The van der Waals surface area contributed by atoms with Crippen LogP contribution in [0.3, 0.4) is 0 Å². The first kappa shape index (κ1) is 16.2. The van der Waals surface area contributed by atoms with Crippen molar-refractivity contribution in [2.24, 2.45) is 5.41 Å². The maximum Gasteiger partial charge on any atom is 0.314 e. The molecule has 0 fully saturated rings. The summed E-state index contributed by atoms with van der Waals surface area (Å²) in [4.78, 5) is 22.4. The molecule has 20 heavy (non-hydrogen) atoms. The van der Waals surface area contributed by atoms with Crippen molar-refractivity contribution >= 4 is 11.8 Å². The number of hydrogen-bond acceptors (Lipinski definition) is 4. The van der Waals surface area contributed by atoms with Crippen LogP contribution in [0.2, 0.25) is 0 Å². The predicted molar refractivity (Wildman–Crippen MR) is 76.7 cm³/mol. The Kier molecular flexibility index (Phi) is 5.74. The van der Waals surface area contributed by atoms with E-state index in [1.54, 1.807) is 20.8 Å². The largest absolute Gasteiger partial charge is 0.492 e. The molecule has 0 aromatic heterocycles. The van der Waals surface area contributed by atoms with Gasteiger partial charge in [0.1, 0.15) is 18.1 Å². The minimum atomic E-state index is -0.679. The Hall–Kier alpha value is -1.84. The second-order valence-corrected chi connectivity index (χ2v) is 5.51. The van der Waals surface area contributed by atoms with E-state index in [1.807, 2.05) is 24.3 Å². The molecule has 110 valence electrons. The Balaban J connectivity index is 2.53. The molecule has 0 radical (unpaired) electrons. The van der Waals surface area contributed by atoms with Gasteiger partial charge < -0.3 is 14.3 Å². The van der Waals surface area contributed by atoms with Gasteiger partial charge in [-0.05, 0) is 44.9 Å². The van der Waals surface area contributed by atoms with E-state index in [4.69, 9.17) is 9.47 Å². The van der Waals surface area contributed by atoms with E-state index in [0.29, 0.717) is 12.2 Å². The summed E-state index contributed by atoms with van der Waals surface area (Å²) >= 11 is 0. The van der Waals surface area contributed by atoms with Crippen LogP contribution in [0.15, 0.2) is 24.3 Å². The van der Waals surface area contributed by atoms with Crippen LogP contribution in [0.1, 0.15) is 32.8 Å². The van der Waals surface area contributed by atoms with Crippen molar-refractivity contribution < 1.29 is 19.1 Å². The van der Waals surface area contributed by atoms with E-state index < -0.39 is 5.41 Å². The highest BCUT2D eigenvalue weighted by atomic mass is 16.5. The van der Waals surface area contributed by atoms with Crippen molar-refractivity contribution in [3.63, 3.8) is 0 Å². The van der Waals surface area contributed by atoms with E-state index in [-0.39, 0.29) is 18.4 Å².